The number of unbranched alkanes of at least 4 members (excludes halogenated alkanes) is 10. The molecule has 0 heterocycles. The van der Waals surface area contributed by atoms with Crippen LogP contribution in [-0.2, 0) is 0 Å². The van der Waals surface area contributed by atoms with Crippen LogP contribution in [0.15, 0.2) is 0 Å². The molecule has 2 heteroatoms. The van der Waals surface area contributed by atoms with Crippen molar-refractivity contribution in [1.82, 2.24) is 0 Å². The molecule has 0 aromatic heterocycles. The van der Waals surface area contributed by atoms with Crippen molar-refractivity contribution in [3.63, 3.8) is 0 Å². The lowest BCUT2D eigenvalue weighted by Gasteiger charge is -1.95. The molecule has 0 saturated heterocycles. The van der Waals surface area contributed by atoms with Gasteiger partial charge in [0.2, 0.25) is 0 Å². The van der Waals surface area contributed by atoms with E-state index in [4.69, 9.17) is 11.6 Å². The minimum Gasteiger partial charge on any atom is -0.127 e. The van der Waals surface area contributed by atoms with Crippen molar-refractivity contribution in [2.75, 3.05) is 11.2 Å². The molecule has 0 aliphatic rings. The quantitative estimate of drug-likeness (QED) is 0.257. The predicted molar refractivity (Wildman–Crippen MR) is 91.3 cm³/mol. The third kappa shape index (κ3) is 25.6. The smallest absolute Gasteiger partial charge is 0.0223 e. The number of hydrogen-bond acceptors (Lipinski definition) is 0. The average molecular weight is 342 g/mol. The fourth-order valence-corrected chi connectivity index (χ4v) is 2.34. The molecule has 0 nitrogen and oxygen atoms in total. The van der Waals surface area contributed by atoms with E-state index in [2.05, 4.69) is 29.8 Å². The highest BCUT2D eigenvalue weighted by Gasteiger charge is 1.87. The summed E-state index contributed by atoms with van der Waals surface area (Å²) < 4.78 is 0. The second kappa shape index (κ2) is 22.9. The van der Waals surface area contributed by atoms with Crippen molar-refractivity contribution in [2.24, 2.45) is 0 Å². The van der Waals surface area contributed by atoms with Gasteiger partial charge in [-0.25, -0.2) is 0 Å². The molecule has 0 spiro atoms. The maximum Gasteiger partial charge on any atom is 0.0223 e. The second-order valence-electron chi connectivity index (χ2n) is 4.91. The van der Waals surface area contributed by atoms with E-state index in [-0.39, 0.29) is 0 Å². The summed E-state index contributed by atoms with van der Waals surface area (Å²) in [5, 5.41) is 1.18. The monoisotopic (exact) mass is 340 g/mol. The summed E-state index contributed by atoms with van der Waals surface area (Å²) in [6.07, 6.45) is 16.4. The fraction of sp³-hybridized carbons (Fsp3) is 1.00. The van der Waals surface area contributed by atoms with Gasteiger partial charge in [-0.15, -0.1) is 11.6 Å². The van der Waals surface area contributed by atoms with Gasteiger partial charge in [0.25, 0.3) is 0 Å². The van der Waals surface area contributed by atoms with Crippen LogP contribution in [0.25, 0.3) is 0 Å². The number of alkyl halides is 2. The zero-order valence-corrected chi connectivity index (χ0v) is 15.0. The largest absolute Gasteiger partial charge is 0.127 e. The van der Waals surface area contributed by atoms with Gasteiger partial charge in [-0.2, -0.15) is 0 Å². The van der Waals surface area contributed by atoms with E-state index in [9.17, 15) is 0 Å². The second-order valence-corrected chi connectivity index (χ2v) is 6.08. The summed E-state index contributed by atoms with van der Waals surface area (Å²) in [5.41, 5.74) is 0. The van der Waals surface area contributed by atoms with Crippen molar-refractivity contribution in [2.45, 2.75) is 90.9 Å². The molecule has 0 bridgehead atoms. The van der Waals surface area contributed by atoms with Gasteiger partial charge in [-0.05, 0) is 12.8 Å². The first kappa shape index (κ1) is 21.1. The van der Waals surface area contributed by atoms with E-state index in [1.165, 1.54) is 82.4 Å². The molecule has 0 aromatic rings. The summed E-state index contributed by atoms with van der Waals surface area (Å²) in [7, 11) is 0. The van der Waals surface area contributed by atoms with Gasteiger partial charge >= 0.3 is 0 Å². The predicted octanol–water partition coefficient (Wildman–Crippen LogP) is 7.33. The molecule has 18 heavy (non-hydrogen) atoms. The first-order valence-corrected chi connectivity index (χ1v) is 9.60. The van der Waals surface area contributed by atoms with Crippen LogP contribution >= 0.6 is 27.5 Å². The maximum atomic E-state index is 5.51. The van der Waals surface area contributed by atoms with E-state index >= 15 is 0 Å². The van der Waals surface area contributed by atoms with Crippen LogP contribution in [0.3, 0.4) is 0 Å². The van der Waals surface area contributed by atoms with Crippen LogP contribution in [0.5, 0.6) is 0 Å². The van der Waals surface area contributed by atoms with Gasteiger partial charge < -0.3 is 0 Å². The Bertz CT molecular complexity index is 91.7. The molecule has 112 valence electrons. The Morgan fingerprint density at radius 1 is 0.611 bits per heavy atom. The Kier molecular flexibility index (Phi) is 26.8. The highest BCUT2D eigenvalue weighted by Crippen LogP contribution is 2.05. The maximum absolute atomic E-state index is 5.51. The average Bonchev–Trinajstić information content (AvgIpc) is 2.39. The molecule has 0 saturated carbocycles. The van der Waals surface area contributed by atoms with Crippen molar-refractivity contribution >= 4 is 27.5 Å². The lowest BCUT2D eigenvalue weighted by atomic mass is 10.1. The number of hydrogen-bond donors (Lipinski definition) is 0. The zero-order chi connectivity index (χ0) is 13.9. The molecule has 0 radical (unpaired) electrons. The molecule has 0 unspecified atom stereocenters. The first-order valence-electron chi connectivity index (χ1n) is 7.95. The van der Waals surface area contributed by atoms with Crippen LogP contribution < -0.4 is 0 Å². The zero-order valence-electron chi connectivity index (χ0n) is 12.7. The Morgan fingerprint density at radius 2 is 1.00 bits per heavy atom. The van der Waals surface area contributed by atoms with E-state index in [1.807, 2.05) is 0 Å². The van der Waals surface area contributed by atoms with Crippen molar-refractivity contribution in [3.05, 3.63) is 0 Å². The summed E-state index contributed by atoms with van der Waals surface area (Å²) in [5.74, 6) is 0.839. The van der Waals surface area contributed by atoms with Crippen molar-refractivity contribution < 1.29 is 0 Å². The van der Waals surface area contributed by atoms with Crippen LogP contribution in [-0.4, -0.2) is 11.2 Å². The van der Waals surface area contributed by atoms with E-state index < -0.39 is 0 Å². The van der Waals surface area contributed by atoms with Gasteiger partial charge in [0, 0.05) is 11.2 Å². The highest BCUT2D eigenvalue weighted by atomic mass is 79.9. The van der Waals surface area contributed by atoms with Crippen LogP contribution in [0.4, 0.5) is 0 Å². The molecular formula is C16H34BrCl. The van der Waals surface area contributed by atoms with Gasteiger partial charge in [0.1, 0.15) is 0 Å². The molecule has 0 aliphatic heterocycles. The Labute approximate surface area is 129 Å². The van der Waals surface area contributed by atoms with E-state index in [0.717, 1.165) is 5.88 Å². The van der Waals surface area contributed by atoms with Crippen LogP contribution in [0.1, 0.15) is 90.9 Å². The summed E-state index contributed by atoms with van der Waals surface area (Å²) in [6, 6.07) is 0. The standard InChI is InChI=1S/C8H17Br.C8H17Cl/c2*1-2-3-4-5-6-7-8-9/h2*2-8H2,1H3. The van der Waals surface area contributed by atoms with Crippen molar-refractivity contribution in [1.29, 1.82) is 0 Å². The highest BCUT2D eigenvalue weighted by molar-refractivity contribution is 9.09. The number of rotatable bonds is 12. The third-order valence-corrected chi connectivity index (χ3v) is 3.80. The Morgan fingerprint density at radius 3 is 1.39 bits per heavy atom. The van der Waals surface area contributed by atoms with Crippen molar-refractivity contribution in [3.8, 4) is 0 Å². The van der Waals surface area contributed by atoms with Gasteiger partial charge in [-0.3, -0.25) is 0 Å². The molecule has 0 amide bonds. The van der Waals surface area contributed by atoms with E-state index in [1.54, 1.807) is 0 Å². The normalized spacial score (nSPS) is 10.0. The number of halogens is 2. The summed E-state index contributed by atoms with van der Waals surface area (Å²) in [4.78, 5) is 0. The molecular weight excluding hydrogens is 308 g/mol. The minimum atomic E-state index is 0.839. The topological polar surface area (TPSA) is 0 Å². The van der Waals surface area contributed by atoms with Crippen LogP contribution in [0, 0.1) is 0 Å². The Balaban J connectivity index is 0. The minimum absolute atomic E-state index is 0.839. The first-order chi connectivity index (χ1) is 8.83. The SMILES string of the molecule is CCCCCCCCBr.CCCCCCCCCl. The summed E-state index contributed by atoms with van der Waals surface area (Å²) >= 11 is 8.93. The molecule has 0 aliphatic carbocycles. The van der Waals surface area contributed by atoms with E-state index in [0.29, 0.717) is 0 Å². The fourth-order valence-electron chi connectivity index (χ4n) is 1.75. The van der Waals surface area contributed by atoms with Gasteiger partial charge in [-0.1, -0.05) is 94.0 Å². The molecule has 0 atom stereocenters. The molecule has 0 N–H and O–H groups in total. The van der Waals surface area contributed by atoms with Gasteiger partial charge in [0.05, 0.1) is 0 Å². The molecule has 0 aromatic carbocycles. The third-order valence-electron chi connectivity index (χ3n) is 2.97. The lowest BCUT2D eigenvalue weighted by molar-refractivity contribution is 0.626. The lowest BCUT2D eigenvalue weighted by Crippen LogP contribution is -1.78. The molecule has 0 rings (SSSR count). The summed E-state index contributed by atoms with van der Waals surface area (Å²) in [6.45, 7) is 4.49. The van der Waals surface area contributed by atoms with Gasteiger partial charge in [0.15, 0.2) is 0 Å². The Hall–Kier alpha value is 0.770. The van der Waals surface area contributed by atoms with Crippen LogP contribution in [0.2, 0.25) is 0 Å². The molecule has 0 fully saturated rings.